The predicted molar refractivity (Wildman–Crippen MR) is 116 cm³/mol. The van der Waals surface area contributed by atoms with Gasteiger partial charge in [-0.15, -0.1) is 0 Å². The van der Waals surface area contributed by atoms with Gasteiger partial charge in [0, 0.05) is 0 Å². The molecule has 0 aliphatic carbocycles. The van der Waals surface area contributed by atoms with Crippen molar-refractivity contribution in [3.63, 3.8) is 0 Å². The van der Waals surface area contributed by atoms with Crippen LogP contribution in [0.3, 0.4) is 0 Å². The zero-order valence-electron chi connectivity index (χ0n) is 13.1. The highest BCUT2D eigenvalue weighted by Crippen LogP contribution is 2.36. The van der Waals surface area contributed by atoms with Gasteiger partial charge in [-0.1, -0.05) is 29.3 Å². The minimum Gasteiger partial charge on any atom is -0.506 e. The molecule has 5 nitrogen and oxygen atoms in total. The van der Waals surface area contributed by atoms with E-state index in [1.807, 2.05) is 0 Å². The van der Waals surface area contributed by atoms with Crippen LogP contribution in [0.2, 0.25) is 10.0 Å². The predicted octanol–water partition coefficient (Wildman–Crippen LogP) is 5.06. The lowest BCUT2D eigenvalue weighted by atomic mass is 10.1. The number of aromatic hydroxyl groups is 1. The highest BCUT2D eigenvalue weighted by atomic mass is 79.9. The van der Waals surface area contributed by atoms with Crippen LogP contribution in [0.25, 0.3) is 6.08 Å². The van der Waals surface area contributed by atoms with Crippen LogP contribution < -0.4 is 10.2 Å². The molecule has 138 valence electrons. The van der Waals surface area contributed by atoms with E-state index in [1.165, 1.54) is 6.08 Å². The van der Waals surface area contributed by atoms with Crippen molar-refractivity contribution in [1.29, 1.82) is 0 Å². The number of nitrogens with one attached hydrogen (secondary N) is 1. The molecule has 0 radical (unpaired) electrons. The molecular formula is C17H8Br2Cl2N2O3S. The molecule has 0 bridgehead atoms. The van der Waals surface area contributed by atoms with E-state index >= 15 is 0 Å². The Morgan fingerprint density at radius 3 is 2.41 bits per heavy atom. The maximum absolute atomic E-state index is 13.0. The minimum atomic E-state index is -0.645. The Labute approximate surface area is 186 Å². The van der Waals surface area contributed by atoms with Crippen molar-refractivity contribution in [2.24, 2.45) is 0 Å². The maximum Gasteiger partial charge on any atom is 0.270 e. The highest BCUT2D eigenvalue weighted by molar-refractivity contribution is 9.11. The molecule has 27 heavy (non-hydrogen) atoms. The molecule has 1 saturated heterocycles. The first-order valence-electron chi connectivity index (χ1n) is 7.24. The summed E-state index contributed by atoms with van der Waals surface area (Å²) in [6, 6.07) is 7.90. The van der Waals surface area contributed by atoms with Crippen LogP contribution >= 0.6 is 67.3 Å². The van der Waals surface area contributed by atoms with Crippen molar-refractivity contribution in [3.05, 3.63) is 60.5 Å². The number of hydrogen-bond acceptors (Lipinski definition) is 4. The van der Waals surface area contributed by atoms with E-state index in [0.717, 1.165) is 4.90 Å². The van der Waals surface area contributed by atoms with Crippen LogP contribution in [-0.4, -0.2) is 22.0 Å². The summed E-state index contributed by atoms with van der Waals surface area (Å²) < 4.78 is 0.801. The lowest BCUT2D eigenvalue weighted by molar-refractivity contribution is -0.122. The zero-order valence-corrected chi connectivity index (χ0v) is 18.6. The third-order valence-electron chi connectivity index (χ3n) is 3.62. The van der Waals surface area contributed by atoms with Crippen LogP contribution in [0, 0.1) is 0 Å². The smallest absolute Gasteiger partial charge is 0.270 e. The van der Waals surface area contributed by atoms with Crippen LogP contribution in [0.5, 0.6) is 5.75 Å². The molecule has 3 rings (SSSR count). The van der Waals surface area contributed by atoms with Gasteiger partial charge in [0.05, 0.1) is 24.7 Å². The van der Waals surface area contributed by atoms with Gasteiger partial charge in [-0.25, -0.2) is 0 Å². The lowest BCUT2D eigenvalue weighted by Gasteiger charge is -2.29. The number of benzene rings is 2. The van der Waals surface area contributed by atoms with E-state index in [4.69, 9.17) is 35.4 Å². The van der Waals surface area contributed by atoms with E-state index in [-0.39, 0.29) is 32.2 Å². The van der Waals surface area contributed by atoms with Gasteiger partial charge < -0.3 is 5.11 Å². The standard InChI is InChI=1S/C17H8Br2Cl2N2O3S/c18-9-5-7(6-10(19)14(9)24)4-8-15(25)22-17(27)23(16(8)26)12-3-1-2-11(20)13(12)21/h1-6,24H,(H,22,25,27)/b8-4+. The van der Waals surface area contributed by atoms with Gasteiger partial charge in [-0.3, -0.25) is 19.8 Å². The van der Waals surface area contributed by atoms with Crippen molar-refractivity contribution in [1.82, 2.24) is 5.32 Å². The van der Waals surface area contributed by atoms with Gasteiger partial charge in [0.1, 0.15) is 11.3 Å². The van der Waals surface area contributed by atoms with E-state index < -0.39 is 11.8 Å². The molecule has 0 spiro atoms. The van der Waals surface area contributed by atoms with Crippen LogP contribution in [0.4, 0.5) is 5.69 Å². The van der Waals surface area contributed by atoms with E-state index in [9.17, 15) is 14.7 Å². The van der Waals surface area contributed by atoms with Gasteiger partial charge >= 0.3 is 0 Å². The summed E-state index contributed by atoms with van der Waals surface area (Å²) in [6.07, 6.45) is 1.39. The average Bonchev–Trinajstić information content (AvgIpc) is 2.60. The molecule has 1 aliphatic rings. The van der Waals surface area contributed by atoms with Gasteiger partial charge in [0.2, 0.25) is 0 Å². The summed E-state index contributed by atoms with van der Waals surface area (Å²) in [5.74, 6) is -1.28. The number of carbonyl (C=O) groups excluding carboxylic acids is 2. The van der Waals surface area contributed by atoms with Gasteiger partial charge in [-0.2, -0.15) is 0 Å². The summed E-state index contributed by atoms with van der Waals surface area (Å²) in [6.45, 7) is 0. The summed E-state index contributed by atoms with van der Waals surface area (Å²) in [7, 11) is 0. The molecule has 0 saturated carbocycles. The maximum atomic E-state index is 13.0. The van der Waals surface area contributed by atoms with Crippen molar-refractivity contribution in [2.75, 3.05) is 4.90 Å². The number of anilines is 1. The number of halogens is 4. The fourth-order valence-electron chi connectivity index (χ4n) is 2.38. The van der Waals surface area contributed by atoms with Crippen molar-refractivity contribution >= 4 is 96.0 Å². The van der Waals surface area contributed by atoms with Crippen LogP contribution in [0.15, 0.2) is 44.9 Å². The molecule has 2 amide bonds. The monoisotopic (exact) mass is 548 g/mol. The molecule has 0 unspecified atom stereocenters. The normalized spacial score (nSPS) is 16.1. The van der Waals surface area contributed by atoms with Gasteiger partial charge in [0.25, 0.3) is 11.8 Å². The number of amides is 2. The average molecular weight is 551 g/mol. The summed E-state index contributed by atoms with van der Waals surface area (Å²) in [5.41, 5.74) is 0.622. The quantitative estimate of drug-likeness (QED) is 0.312. The first-order valence-corrected chi connectivity index (χ1v) is 9.99. The summed E-state index contributed by atoms with van der Waals surface area (Å²) in [5, 5.41) is 12.6. The molecule has 2 aromatic carbocycles. The first kappa shape index (κ1) is 20.3. The first-order chi connectivity index (χ1) is 12.7. The number of hydrogen-bond donors (Lipinski definition) is 2. The molecule has 1 fully saturated rings. The highest BCUT2D eigenvalue weighted by Gasteiger charge is 2.35. The Hall–Kier alpha value is -1.45. The second-order valence-electron chi connectivity index (χ2n) is 5.36. The summed E-state index contributed by atoms with van der Waals surface area (Å²) in [4.78, 5) is 26.4. The molecule has 0 atom stereocenters. The van der Waals surface area contributed by atoms with Crippen molar-refractivity contribution < 1.29 is 14.7 Å². The second-order valence-corrected chi connectivity index (χ2v) is 8.24. The Bertz CT molecular complexity index is 1020. The van der Waals surface area contributed by atoms with E-state index in [1.54, 1.807) is 30.3 Å². The topological polar surface area (TPSA) is 69.6 Å². The van der Waals surface area contributed by atoms with Crippen LogP contribution in [-0.2, 0) is 9.59 Å². The van der Waals surface area contributed by atoms with Crippen LogP contribution in [0.1, 0.15) is 5.56 Å². The number of nitrogens with zero attached hydrogens (tertiary/aromatic N) is 1. The summed E-state index contributed by atoms with van der Waals surface area (Å²) >= 11 is 23.8. The Balaban J connectivity index is 2.09. The molecular weight excluding hydrogens is 543 g/mol. The molecule has 10 heteroatoms. The Morgan fingerprint density at radius 2 is 1.78 bits per heavy atom. The molecule has 1 aliphatic heterocycles. The van der Waals surface area contributed by atoms with E-state index in [2.05, 4.69) is 37.2 Å². The largest absolute Gasteiger partial charge is 0.506 e. The number of carbonyl (C=O) groups is 2. The minimum absolute atomic E-state index is 0.00471. The SMILES string of the molecule is O=C1NC(=S)N(c2cccc(Cl)c2Cl)C(=O)/C1=C/c1cc(Br)c(O)c(Br)c1. The fourth-order valence-corrected chi connectivity index (χ4v) is 4.25. The zero-order chi connectivity index (χ0) is 19.9. The third kappa shape index (κ3) is 3.90. The lowest BCUT2D eigenvalue weighted by Crippen LogP contribution is -2.54. The number of phenols is 1. The molecule has 1 heterocycles. The van der Waals surface area contributed by atoms with Gasteiger partial charge in [-0.05, 0) is 80.0 Å². The van der Waals surface area contributed by atoms with E-state index in [0.29, 0.717) is 14.5 Å². The Kier molecular flexibility index (Phi) is 5.93. The number of thiocarbonyl (C=S) groups is 1. The van der Waals surface area contributed by atoms with Crippen molar-refractivity contribution in [2.45, 2.75) is 0 Å². The second kappa shape index (κ2) is 7.89. The molecule has 0 aromatic heterocycles. The molecule has 2 N–H and O–H groups in total. The number of rotatable bonds is 2. The number of phenolic OH excluding ortho intramolecular Hbond substituents is 1. The molecule has 2 aromatic rings. The third-order valence-corrected chi connectivity index (χ3v) is 5.93. The fraction of sp³-hybridized carbons (Fsp3) is 0. The Morgan fingerprint density at radius 1 is 1.15 bits per heavy atom. The van der Waals surface area contributed by atoms with Crippen molar-refractivity contribution in [3.8, 4) is 5.75 Å². The van der Waals surface area contributed by atoms with Gasteiger partial charge in [0.15, 0.2) is 5.11 Å².